The average molecular weight is 204 g/mol. The molecule has 0 amide bonds. The van der Waals surface area contributed by atoms with E-state index < -0.39 is 0 Å². The molecule has 2 rings (SSSR count). The maximum atomic E-state index is 3.58. The molecule has 1 aromatic rings. The molecule has 0 saturated carbocycles. The van der Waals surface area contributed by atoms with Crippen LogP contribution in [-0.4, -0.2) is 20.6 Å². The van der Waals surface area contributed by atoms with Crippen LogP contribution in [0.2, 0.25) is 0 Å². The second kappa shape index (κ2) is 4.67. The Morgan fingerprint density at radius 2 is 2.13 bits per heavy atom. The lowest BCUT2D eigenvalue weighted by Gasteiger charge is -2.25. The molecule has 0 bridgehead atoms. The maximum absolute atomic E-state index is 3.58. The molecule has 0 aliphatic carbocycles. The van der Waals surface area contributed by atoms with Crippen molar-refractivity contribution in [2.24, 2.45) is 0 Å². The van der Waals surface area contributed by atoms with Gasteiger partial charge in [-0.1, -0.05) is 18.6 Å². The van der Waals surface area contributed by atoms with Crippen LogP contribution in [0.5, 0.6) is 0 Å². The van der Waals surface area contributed by atoms with Crippen molar-refractivity contribution in [2.75, 3.05) is 25.5 Å². The molecule has 0 spiro atoms. The highest BCUT2D eigenvalue weighted by Gasteiger charge is 2.14. The number of piperidine rings is 1. The molecule has 82 valence electrons. The molecule has 0 radical (unpaired) electrons. The van der Waals surface area contributed by atoms with Gasteiger partial charge in [0.15, 0.2) is 0 Å². The summed E-state index contributed by atoms with van der Waals surface area (Å²) in [5.74, 6) is 0. The van der Waals surface area contributed by atoms with E-state index in [0.29, 0.717) is 6.04 Å². The van der Waals surface area contributed by atoms with Crippen LogP contribution in [0.15, 0.2) is 24.3 Å². The van der Waals surface area contributed by atoms with Gasteiger partial charge in [-0.25, -0.2) is 0 Å². The zero-order valence-corrected chi connectivity index (χ0v) is 9.66. The van der Waals surface area contributed by atoms with Crippen LogP contribution >= 0.6 is 0 Å². The molecular formula is C13H20N2. The Kier molecular flexibility index (Phi) is 3.27. The summed E-state index contributed by atoms with van der Waals surface area (Å²) in [5, 5.41) is 3.58. The number of hydrogen-bond acceptors (Lipinski definition) is 2. The van der Waals surface area contributed by atoms with E-state index in [2.05, 4.69) is 48.6 Å². The SMILES string of the molecule is CN(C)c1cccc(C2CCCCN2)c1. The summed E-state index contributed by atoms with van der Waals surface area (Å²) in [6.45, 7) is 1.16. The molecule has 1 atom stereocenters. The van der Waals surface area contributed by atoms with E-state index in [1.165, 1.54) is 30.5 Å². The molecule has 0 aromatic heterocycles. The Morgan fingerprint density at radius 3 is 2.80 bits per heavy atom. The lowest BCUT2D eigenvalue weighted by molar-refractivity contribution is 0.412. The fourth-order valence-electron chi connectivity index (χ4n) is 2.16. The standard InChI is InChI=1S/C13H20N2/c1-15(2)12-7-5-6-11(10-12)13-8-3-4-9-14-13/h5-7,10,13-14H,3-4,8-9H2,1-2H3. The summed E-state index contributed by atoms with van der Waals surface area (Å²) in [4.78, 5) is 2.16. The van der Waals surface area contributed by atoms with Crippen molar-refractivity contribution in [1.29, 1.82) is 0 Å². The molecule has 2 nitrogen and oxygen atoms in total. The molecule has 1 heterocycles. The van der Waals surface area contributed by atoms with Crippen molar-refractivity contribution in [1.82, 2.24) is 5.32 Å². The molecule has 2 heteroatoms. The topological polar surface area (TPSA) is 15.3 Å². The number of rotatable bonds is 2. The highest BCUT2D eigenvalue weighted by molar-refractivity contribution is 5.47. The van der Waals surface area contributed by atoms with E-state index in [0.717, 1.165) is 6.54 Å². The van der Waals surface area contributed by atoms with E-state index >= 15 is 0 Å². The lowest BCUT2D eigenvalue weighted by Crippen LogP contribution is -2.26. The molecule has 15 heavy (non-hydrogen) atoms. The van der Waals surface area contributed by atoms with Crippen molar-refractivity contribution < 1.29 is 0 Å². The molecular weight excluding hydrogens is 184 g/mol. The summed E-state index contributed by atoms with van der Waals surface area (Å²) >= 11 is 0. The largest absolute Gasteiger partial charge is 0.378 e. The second-order valence-electron chi connectivity index (χ2n) is 4.49. The maximum Gasteiger partial charge on any atom is 0.0364 e. The minimum atomic E-state index is 0.568. The quantitative estimate of drug-likeness (QED) is 0.796. The summed E-state index contributed by atoms with van der Waals surface area (Å²) in [7, 11) is 4.18. The first-order valence-corrected chi connectivity index (χ1v) is 5.78. The molecule has 1 fully saturated rings. The summed E-state index contributed by atoms with van der Waals surface area (Å²) in [6, 6.07) is 9.41. The van der Waals surface area contributed by atoms with Crippen LogP contribution in [0, 0.1) is 0 Å². The van der Waals surface area contributed by atoms with Crippen molar-refractivity contribution in [3.8, 4) is 0 Å². The van der Waals surface area contributed by atoms with Gasteiger partial charge >= 0.3 is 0 Å². The zero-order chi connectivity index (χ0) is 10.7. The van der Waals surface area contributed by atoms with Crippen molar-refractivity contribution >= 4 is 5.69 Å². The van der Waals surface area contributed by atoms with Gasteiger partial charge in [-0.05, 0) is 37.1 Å². The normalized spacial score (nSPS) is 21.3. The molecule has 1 aliphatic rings. The van der Waals surface area contributed by atoms with Gasteiger partial charge in [-0.3, -0.25) is 0 Å². The number of anilines is 1. The Labute approximate surface area is 92.3 Å². The minimum absolute atomic E-state index is 0.568. The highest BCUT2D eigenvalue weighted by Crippen LogP contribution is 2.25. The van der Waals surface area contributed by atoms with Crippen molar-refractivity contribution in [3.63, 3.8) is 0 Å². The van der Waals surface area contributed by atoms with E-state index in [4.69, 9.17) is 0 Å². The van der Waals surface area contributed by atoms with E-state index in [9.17, 15) is 0 Å². The Morgan fingerprint density at radius 1 is 1.27 bits per heavy atom. The fraction of sp³-hybridized carbons (Fsp3) is 0.538. The first kappa shape index (κ1) is 10.5. The summed E-state index contributed by atoms with van der Waals surface area (Å²) < 4.78 is 0. The van der Waals surface area contributed by atoms with Gasteiger partial charge in [0.25, 0.3) is 0 Å². The van der Waals surface area contributed by atoms with Crippen LogP contribution in [0.4, 0.5) is 5.69 Å². The Hall–Kier alpha value is -1.02. The molecule has 1 N–H and O–H groups in total. The van der Waals surface area contributed by atoms with Gasteiger partial charge in [0, 0.05) is 25.8 Å². The van der Waals surface area contributed by atoms with Crippen LogP contribution in [0.1, 0.15) is 30.9 Å². The predicted molar refractivity (Wildman–Crippen MR) is 65.4 cm³/mol. The zero-order valence-electron chi connectivity index (χ0n) is 9.66. The first-order chi connectivity index (χ1) is 7.27. The van der Waals surface area contributed by atoms with Gasteiger partial charge < -0.3 is 10.2 Å². The lowest BCUT2D eigenvalue weighted by atomic mass is 9.97. The molecule has 1 aliphatic heterocycles. The smallest absolute Gasteiger partial charge is 0.0364 e. The number of hydrogen-bond donors (Lipinski definition) is 1. The number of nitrogens with one attached hydrogen (secondary N) is 1. The van der Waals surface area contributed by atoms with Crippen LogP contribution in [-0.2, 0) is 0 Å². The monoisotopic (exact) mass is 204 g/mol. The van der Waals surface area contributed by atoms with E-state index in [1.54, 1.807) is 0 Å². The van der Waals surface area contributed by atoms with Gasteiger partial charge in [-0.2, -0.15) is 0 Å². The molecule has 1 aromatic carbocycles. The van der Waals surface area contributed by atoms with E-state index in [1.807, 2.05) is 0 Å². The van der Waals surface area contributed by atoms with Gasteiger partial charge in [0.05, 0.1) is 0 Å². The van der Waals surface area contributed by atoms with Crippen LogP contribution < -0.4 is 10.2 Å². The third-order valence-corrected chi connectivity index (χ3v) is 3.10. The molecule has 1 saturated heterocycles. The Balaban J connectivity index is 2.16. The van der Waals surface area contributed by atoms with Crippen molar-refractivity contribution in [2.45, 2.75) is 25.3 Å². The highest BCUT2D eigenvalue weighted by atomic mass is 15.1. The van der Waals surface area contributed by atoms with E-state index in [-0.39, 0.29) is 0 Å². The second-order valence-corrected chi connectivity index (χ2v) is 4.49. The molecule has 1 unspecified atom stereocenters. The van der Waals surface area contributed by atoms with Gasteiger partial charge in [0.2, 0.25) is 0 Å². The summed E-state index contributed by atoms with van der Waals surface area (Å²) in [5.41, 5.74) is 2.72. The van der Waals surface area contributed by atoms with Gasteiger partial charge in [0.1, 0.15) is 0 Å². The number of benzene rings is 1. The first-order valence-electron chi connectivity index (χ1n) is 5.78. The third-order valence-electron chi connectivity index (χ3n) is 3.10. The van der Waals surface area contributed by atoms with Crippen LogP contribution in [0.3, 0.4) is 0 Å². The van der Waals surface area contributed by atoms with Crippen molar-refractivity contribution in [3.05, 3.63) is 29.8 Å². The predicted octanol–water partition coefficient (Wildman–Crippen LogP) is 2.57. The average Bonchev–Trinajstić information content (AvgIpc) is 2.30. The number of nitrogens with zero attached hydrogens (tertiary/aromatic N) is 1. The fourth-order valence-corrected chi connectivity index (χ4v) is 2.16. The minimum Gasteiger partial charge on any atom is -0.378 e. The Bertz CT molecular complexity index is 314. The summed E-state index contributed by atoms with van der Waals surface area (Å²) in [6.07, 6.45) is 3.95. The van der Waals surface area contributed by atoms with Gasteiger partial charge in [-0.15, -0.1) is 0 Å². The third kappa shape index (κ3) is 2.51. The van der Waals surface area contributed by atoms with Crippen LogP contribution in [0.25, 0.3) is 0 Å².